The molecule has 0 spiro atoms. The Hall–Kier alpha value is -4.46. The third-order valence-electron chi connectivity index (χ3n) is 4.66. The second-order valence-corrected chi connectivity index (χ2v) is 6.60. The van der Waals surface area contributed by atoms with Crippen molar-refractivity contribution in [3.8, 4) is 17.1 Å². The Bertz CT molecular complexity index is 1290. The fourth-order valence-electron chi connectivity index (χ4n) is 3.11. The molecule has 0 saturated heterocycles. The highest BCUT2D eigenvalue weighted by Gasteiger charge is 2.13. The molecule has 0 aliphatic heterocycles. The van der Waals surface area contributed by atoms with E-state index in [2.05, 4.69) is 10.5 Å². The number of fused-ring (bicyclic) bond motifs is 1. The molecule has 0 aliphatic carbocycles. The van der Waals surface area contributed by atoms with Crippen LogP contribution in [0.3, 0.4) is 0 Å². The van der Waals surface area contributed by atoms with Crippen LogP contribution in [0.2, 0.25) is 0 Å². The maximum Gasteiger partial charge on any atom is 0.275 e. The summed E-state index contributed by atoms with van der Waals surface area (Å²) in [6.45, 7) is 0. The number of carbonyl (C=O) groups is 1. The summed E-state index contributed by atoms with van der Waals surface area (Å²) in [5.41, 5.74) is 3.53. The number of nitrogens with zero attached hydrogens (tertiary/aromatic N) is 2. The predicted octanol–water partition coefficient (Wildman–Crippen LogP) is 4.78. The van der Waals surface area contributed by atoms with Gasteiger partial charge in [0, 0.05) is 17.7 Å². The van der Waals surface area contributed by atoms with Gasteiger partial charge in [-0.05, 0) is 47.2 Å². The number of nitro groups is 1. The molecule has 0 radical (unpaired) electrons. The number of hydrogen-bond donors (Lipinski definition) is 1. The Morgan fingerprint density at radius 1 is 1.06 bits per heavy atom. The van der Waals surface area contributed by atoms with Crippen molar-refractivity contribution in [3.05, 3.63) is 94.2 Å². The molecule has 0 unspecified atom stereocenters. The van der Waals surface area contributed by atoms with Gasteiger partial charge in [-0.15, -0.1) is 0 Å². The summed E-state index contributed by atoms with van der Waals surface area (Å²) < 4.78 is 11.0. The lowest BCUT2D eigenvalue weighted by atomic mass is 10.1. The fourth-order valence-corrected chi connectivity index (χ4v) is 3.11. The van der Waals surface area contributed by atoms with Crippen molar-refractivity contribution in [2.45, 2.75) is 0 Å². The van der Waals surface area contributed by atoms with E-state index in [1.165, 1.54) is 25.5 Å². The molecule has 1 amide bonds. The molecule has 0 bridgehead atoms. The first-order valence-corrected chi connectivity index (χ1v) is 9.30. The van der Waals surface area contributed by atoms with Gasteiger partial charge in [-0.2, -0.15) is 5.10 Å². The number of amides is 1. The molecule has 1 aromatic heterocycles. The van der Waals surface area contributed by atoms with Gasteiger partial charge in [0.1, 0.15) is 17.3 Å². The summed E-state index contributed by atoms with van der Waals surface area (Å²) in [5, 5.41) is 16.6. The van der Waals surface area contributed by atoms with Crippen LogP contribution in [-0.2, 0) is 0 Å². The molecule has 0 saturated carbocycles. The van der Waals surface area contributed by atoms with E-state index in [1.54, 1.807) is 36.4 Å². The number of hydrazone groups is 1. The number of nitro benzene ring substituents is 1. The van der Waals surface area contributed by atoms with Crippen LogP contribution in [0, 0.1) is 10.1 Å². The topological polar surface area (TPSA) is 107 Å². The molecule has 0 fully saturated rings. The van der Waals surface area contributed by atoms with Gasteiger partial charge in [-0.1, -0.05) is 24.3 Å². The lowest BCUT2D eigenvalue weighted by Crippen LogP contribution is -2.18. The number of nitrogens with one attached hydrogen (secondary N) is 1. The fraction of sp³-hybridized carbons (Fsp3) is 0.0435. The third kappa shape index (κ3) is 4.27. The lowest BCUT2D eigenvalue weighted by Gasteiger charge is -2.09. The molecular weight excluding hydrogens is 398 g/mol. The minimum Gasteiger partial charge on any atom is -0.496 e. The lowest BCUT2D eigenvalue weighted by molar-refractivity contribution is -0.384. The number of rotatable bonds is 6. The zero-order chi connectivity index (χ0) is 21.8. The standard InChI is InChI=1S/C23H17N3O5/c1-30-22-13-17-5-3-2-4-16(17)12-20(22)23(27)25-24-14-19-10-11-21(31-19)15-6-8-18(9-7-15)26(28)29/h2-14H,1H3,(H,25,27)/b24-14+. The van der Waals surface area contributed by atoms with E-state index < -0.39 is 10.8 Å². The number of furan rings is 1. The number of methoxy groups -OCH3 is 1. The summed E-state index contributed by atoms with van der Waals surface area (Å²) in [6.07, 6.45) is 1.38. The van der Waals surface area contributed by atoms with Crippen molar-refractivity contribution < 1.29 is 18.9 Å². The van der Waals surface area contributed by atoms with Crippen LogP contribution in [0.25, 0.3) is 22.1 Å². The normalized spacial score (nSPS) is 11.0. The SMILES string of the molecule is COc1cc2ccccc2cc1C(=O)N/N=C/c1ccc(-c2ccc([N+](=O)[O-])cc2)o1. The summed E-state index contributed by atoms with van der Waals surface area (Å²) in [7, 11) is 1.51. The summed E-state index contributed by atoms with van der Waals surface area (Å²) in [5.74, 6) is 0.976. The summed E-state index contributed by atoms with van der Waals surface area (Å²) in [6, 6.07) is 20.6. The molecule has 4 rings (SSSR count). The predicted molar refractivity (Wildman–Crippen MR) is 116 cm³/mol. The van der Waals surface area contributed by atoms with Gasteiger partial charge < -0.3 is 9.15 Å². The van der Waals surface area contributed by atoms with E-state index in [0.29, 0.717) is 28.4 Å². The van der Waals surface area contributed by atoms with Crippen LogP contribution in [0.15, 0.2) is 82.3 Å². The van der Waals surface area contributed by atoms with Crippen molar-refractivity contribution in [1.29, 1.82) is 0 Å². The number of non-ortho nitro benzene ring substituents is 1. The molecule has 1 N–H and O–H groups in total. The van der Waals surface area contributed by atoms with E-state index in [1.807, 2.05) is 24.3 Å². The Morgan fingerprint density at radius 3 is 2.45 bits per heavy atom. The highest BCUT2D eigenvalue weighted by atomic mass is 16.6. The monoisotopic (exact) mass is 415 g/mol. The highest BCUT2D eigenvalue weighted by Crippen LogP contribution is 2.26. The first-order valence-electron chi connectivity index (χ1n) is 9.30. The average Bonchev–Trinajstić information content (AvgIpc) is 3.27. The quantitative estimate of drug-likeness (QED) is 0.277. The summed E-state index contributed by atoms with van der Waals surface area (Å²) in [4.78, 5) is 22.9. The molecule has 0 aliphatic rings. The van der Waals surface area contributed by atoms with Gasteiger partial charge in [-0.25, -0.2) is 5.43 Å². The second kappa shape index (κ2) is 8.50. The van der Waals surface area contributed by atoms with E-state index in [0.717, 1.165) is 10.8 Å². The number of benzene rings is 3. The molecule has 31 heavy (non-hydrogen) atoms. The van der Waals surface area contributed by atoms with E-state index >= 15 is 0 Å². The molecule has 0 atom stereocenters. The van der Waals surface area contributed by atoms with Crippen LogP contribution < -0.4 is 10.2 Å². The Labute approximate surface area is 176 Å². The van der Waals surface area contributed by atoms with Crippen molar-refractivity contribution in [1.82, 2.24) is 5.43 Å². The zero-order valence-corrected chi connectivity index (χ0v) is 16.4. The number of hydrogen-bond acceptors (Lipinski definition) is 6. The van der Waals surface area contributed by atoms with Gasteiger partial charge in [-0.3, -0.25) is 14.9 Å². The maximum atomic E-state index is 12.6. The second-order valence-electron chi connectivity index (χ2n) is 6.60. The van der Waals surface area contributed by atoms with Gasteiger partial charge in [0.15, 0.2) is 0 Å². The van der Waals surface area contributed by atoms with Crippen molar-refractivity contribution in [2.75, 3.05) is 7.11 Å². The van der Waals surface area contributed by atoms with Gasteiger partial charge in [0.25, 0.3) is 11.6 Å². The van der Waals surface area contributed by atoms with E-state index in [-0.39, 0.29) is 5.69 Å². The molecule has 1 heterocycles. The number of ether oxygens (including phenoxy) is 1. The molecular formula is C23H17N3O5. The van der Waals surface area contributed by atoms with Crippen LogP contribution in [0.4, 0.5) is 5.69 Å². The van der Waals surface area contributed by atoms with Gasteiger partial charge in [0.2, 0.25) is 0 Å². The molecule has 154 valence electrons. The maximum absolute atomic E-state index is 12.6. The van der Waals surface area contributed by atoms with Crippen LogP contribution in [0.1, 0.15) is 16.1 Å². The van der Waals surface area contributed by atoms with Crippen LogP contribution in [-0.4, -0.2) is 24.2 Å². The van der Waals surface area contributed by atoms with Crippen molar-refractivity contribution >= 4 is 28.6 Å². The van der Waals surface area contributed by atoms with Gasteiger partial charge in [0.05, 0.1) is 23.8 Å². The first-order chi connectivity index (χ1) is 15.0. The van der Waals surface area contributed by atoms with Crippen molar-refractivity contribution in [3.63, 3.8) is 0 Å². The smallest absolute Gasteiger partial charge is 0.275 e. The number of carbonyl (C=O) groups excluding carboxylic acids is 1. The Kier molecular flexibility index (Phi) is 5.44. The molecule has 8 nitrogen and oxygen atoms in total. The van der Waals surface area contributed by atoms with Crippen LogP contribution >= 0.6 is 0 Å². The zero-order valence-electron chi connectivity index (χ0n) is 16.4. The van der Waals surface area contributed by atoms with Gasteiger partial charge >= 0.3 is 0 Å². The summed E-state index contributed by atoms with van der Waals surface area (Å²) >= 11 is 0. The van der Waals surface area contributed by atoms with Crippen molar-refractivity contribution in [2.24, 2.45) is 5.10 Å². The van der Waals surface area contributed by atoms with Crippen LogP contribution in [0.5, 0.6) is 5.75 Å². The molecule has 8 heteroatoms. The van der Waals surface area contributed by atoms with E-state index in [9.17, 15) is 14.9 Å². The van der Waals surface area contributed by atoms with E-state index in [4.69, 9.17) is 9.15 Å². The average molecular weight is 415 g/mol. The minimum atomic E-state index is -0.461. The third-order valence-corrected chi connectivity index (χ3v) is 4.66. The molecule has 4 aromatic rings. The highest BCUT2D eigenvalue weighted by molar-refractivity contribution is 6.01. The Morgan fingerprint density at radius 2 is 1.77 bits per heavy atom. The Balaban J connectivity index is 1.47. The molecule has 3 aromatic carbocycles. The first kappa shape index (κ1) is 19.8. The minimum absolute atomic E-state index is 0.00363. The largest absolute Gasteiger partial charge is 0.496 e.